The Morgan fingerprint density at radius 2 is 2.11 bits per heavy atom. The van der Waals surface area contributed by atoms with Crippen LogP contribution in [0.25, 0.3) is 11.3 Å². The van der Waals surface area contributed by atoms with Gasteiger partial charge in [-0.05, 0) is 44.5 Å². The van der Waals surface area contributed by atoms with Crippen LogP contribution in [0.1, 0.15) is 34.5 Å². The number of nitrogens with zero attached hydrogens (tertiary/aromatic N) is 3. The summed E-state index contributed by atoms with van der Waals surface area (Å²) in [5.74, 6) is 0.0158. The van der Waals surface area contributed by atoms with Gasteiger partial charge in [0.25, 0.3) is 5.91 Å². The summed E-state index contributed by atoms with van der Waals surface area (Å²) in [4.78, 5) is 17.1. The molecule has 6 nitrogen and oxygen atoms in total. The van der Waals surface area contributed by atoms with Crippen LogP contribution in [0.15, 0.2) is 53.3 Å². The fourth-order valence-electron chi connectivity index (χ4n) is 3.90. The highest BCUT2D eigenvalue weighted by atomic mass is 16.3. The number of furan rings is 1. The maximum absolute atomic E-state index is 12.8. The molecule has 3 heterocycles. The lowest BCUT2D eigenvalue weighted by molar-refractivity contribution is 0.0634. The van der Waals surface area contributed by atoms with Crippen molar-refractivity contribution in [3.8, 4) is 11.3 Å². The molecule has 1 fully saturated rings. The van der Waals surface area contributed by atoms with Crippen molar-refractivity contribution in [2.45, 2.75) is 32.4 Å². The summed E-state index contributed by atoms with van der Waals surface area (Å²) >= 11 is 0. The summed E-state index contributed by atoms with van der Waals surface area (Å²) in [6, 6.07) is 12.8. The summed E-state index contributed by atoms with van der Waals surface area (Å²) in [6.45, 7) is 4.60. The topological polar surface area (TPSA) is 65.4 Å². The molecule has 0 radical (unpaired) electrons. The van der Waals surface area contributed by atoms with Crippen LogP contribution >= 0.6 is 0 Å². The molecule has 3 aromatic rings. The number of aromatic amines is 1. The molecule has 6 heteroatoms. The molecule has 0 aliphatic carbocycles. The van der Waals surface area contributed by atoms with Crippen LogP contribution in [0.5, 0.6) is 0 Å². The van der Waals surface area contributed by atoms with Gasteiger partial charge in [0.2, 0.25) is 0 Å². The van der Waals surface area contributed by atoms with Crippen LogP contribution in [0.2, 0.25) is 0 Å². The number of carbonyl (C=O) groups is 1. The van der Waals surface area contributed by atoms with Crippen LogP contribution < -0.4 is 0 Å². The van der Waals surface area contributed by atoms with Crippen LogP contribution in [-0.2, 0) is 6.54 Å². The standard InChI is InChI=1S/C22H26N4O2/c1-16-4-3-5-17(12-16)14-25(2)19-6-9-26(10-7-19)22(27)21-13-20(23-24-21)18-8-11-28-15-18/h3-5,8,11-13,15,19H,6-7,9-10,14H2,1-2H3,(H,23,24). The Labute approximate surface area is 165 Å². The van der Waals surface area contributed by atoms with E-state index in [2.05, 4.69) is 53.3 Å². The van der Waals surface area contributed by atoms with Gasteiger partial charge in [-0.2, -0.15) is 5.10 Å². The highest BCUT2D eigenvalue weighted by Crippen LogP contribution is 2.22. The lowest BCUT2D eigenvalue weighted by Gasteiger charge is -2.36. The predicted octanol–water partition coefficient (Wildman–Crippen LogP) is 3.71. The molecular weight excluding hydrogens is 352 g/mol. The third kappa shape index (κ3) is 4.02. The molecule has 0 bridgehead atoms. The third-order valence-corrected chi connectivity index (χ3v) is 5.51. The molecule has 4 rings (SSSR count). The van der Waals surface area contributed by atoms with E-state index in [-0.39, 0.29) is 5.91 Å². The molecule has 0 atom stereocenters. The molecule has 0 unspecified atom stereocenters. The van der Waals surface area contributed by atoms with Gasteiger partial charge in [0, 0.05) is 31.2 Å². The average Bonchev–Trinajstić information content (AvgIpc) is 3.39. The second-order valence-corrected chi connectivity index (χ2v) is 7.61. The lowest BCUT2D eigenvalue weighted by atomic mass is 10.0. The number of benzene rings is 1. The lowest BCUT2D eigenvalue weighted by Crippen LogP contribution is -2.45. The van der Waals surface area contributed by atoms with Crippen molar-refractivity contribution < 1.29 is 9.21 Å². The molecule has 146 valence electrons. The molecule has 0 spiro atoms. The van der Waals surface area contributed by atoms with Gasteiger partial charge in [-0.25, -0.2) is 0 Å². The molecule has 1 amide bonds. The second-order valence-electron chi connectivity index (χ2n) is 7.61. The Kier molecular flexibility index (Phi) is 5.30. The van der Waals surface area contributed by atoms with E-state index < -0.39 is 0 Å². The number of aromatic nitrogens is 2. The van der Waals surface area contributed by atoms with Gasteiger partial charge in [0.15, 0.2) is 0 Å². The van der Waals surface area contributed by atoms with Gasteiger partial charge in [-0.15, -0.1) is 0 Å². The van der Waals surface area contributed by atoms with Crippen molar-refractivity contribution in [3.63, 3.8) is 0 Å². The molecule has 1 aliphatic heterocycles. The Balaban J connectivity index is 1.33. The van der Waals surface area contributed by atoms with Crippen molar-refractivity contribution in [2.75, 3.05) is 20.1 Å². The van der Waals surface area contributed by atoms with Crippen molar-refractivity contribution >= 4 is 5.91 Å². The predicted molar refractivity (Wildman–Crippen MR) is 108 cm³/mol. The molecule has 2 aromatic heterocycles. The van der Waals surface area contributed by atoms with Crippen molar-refractivity contribution in [3.05, 3.63) is 65.7 Å². The Bertz CT molecular complexity index is 924. The SMILES string of the molecule is Cc1cccc(CN(C)C2CCN(C(=O)c3cc(-c4ccoc4)n[nH]3)CC2)c1. The van der Waals surface area contributed by atoms with Crippen LogP contribution in [0.3, 0.4) is 0 Å². The van der Waals surface area contributed by atoms with Gasteiger partial charge in [0.05, 0.1) is 18.2 Å². The van der Waals surface area contributed by atoms with Gasteiger partial charge in [-0.1, -0.05) is 29.8 Å². The molecular formula is C22H26N4O2. The number of hydrogen-bond acceptors (Lipinski definition) is 4. The van der Waals surface area contributed by atoms with Gasteiger partial charge in [-0.3, -0.25) is 14.8 Å². The molecule has 1 aliphatic rings. The first-order chi connectivity index (χ1) is 13.6. The summed E-state index contributed by atoms with van der Waals surface area (Å²) < 4.78 is 5.08. The average molecular weight is 378 g/mol. The summed E-state index contributed by atoms with van der Waals surface area (Å²) in [5, 5.41) is 7.10. The van der Waals surface area contributed by atoms with Crippen molar-refractivity contribution in [1.82, 2.24) is 20.0 Å². The molecule has 1 saturated heterocycles. The number of piperidine rings is 1. The van der Waals surface area contributed by atoms with Gasteiger partial charge >= 0.3 is 0 Å². The van der Waals surface area contributed by atoms with Crippen LogP contribution in [0.4, 0.5) is 0 Å². The normalized spacial score (nSPS) is 15.3. The fraction of sp³-hybridized carbons (Fsp3) is 0.364. The van der Waals surface area contributed by atoms with Gasteiger partial charge < -0.3 is 9.32 Å². The first-order valence-corrected chi connectivity index (χ1v) is 9.73. The number of amides is 1. The number of rotatable bonds is 5. The zero-order chi connectivity index (χ0) is 19.5. The molecule has 28 heavy (non-hydrogen) atoms. The zero-order valence-corrected chi connectivity index (χ0v) is 16.4. The largest absolute Gasteiger partial charge is 0.472 e. The zero-order valence-electron chi connectivity index (χ0n) is 16.4. The Morgan fingerprint density at radius 1 is 1.29 bits per heavy atom. The molecule has 1 N–H and O–H groups in total. The maximum atomic E-state index is 12.8. The van der Waals surface area contributed by atoms with E-state index in [1.807, 2.05) is 11.0 Å². The van der Waals surface area contributed by atoms with E-state index in [0.717, 1.165) is 43.7 Å². The number of hydrogen-bond donors (Lipinski definition) is 1. The minimum Gasteiger partial charge on any atom is -0.472 e. The monoisotopic (exact) mass is 378 g/mol. The molecule has 1 aromatic carbocycles. The quantitative estimate of drug-likeness (QED) is 0.735. The minimum absolute atomic E-state index is 0.0158. The second kappa shape index (κ2) is 8.02. The minimum atomic E-state index is 0.0158. The number of carbonyl (C=O) groups excluding carboxylic acids is 1. The summed E-state index contributed by atoms with van der Waals surface area (Å²) in [5.41, 5.74) is 4.75. The van der Waals surface area contributed by atoms with E-state index in [1.165, 1.54) is 11.1 Å². The first-order valence-electron chi connectivity index (χ1n) is 9.73. The van der Waals surface area contributed by atoms with Gasteiger partial charge in [0.1, 0.15) is 5.69 Å². The number of aryl methyl sites for hydroxylation is 1. The Morgan fingerprint density at radius 3 is 2.82 bits per heavy atom. The summed E-state index contributed by atoms with van der Waals surface area (Å²) in [7, 11) is 2.18. The van der Waals surface area contributed by atoms with E-state index in [1.54, 1.807) is 18.6 Å². The highest BCUT2D eigenvalue weighted by molar-refractivity contribution is 5.93. The number of H-pyrrole nitrogens is 1. The van der Waals surface area contributed by atoms with E-state index >= 15 is 0 Å². The maximum Gasteiger partial charge on any atom is 0.271 e. The number of likely N-dealkylation sites (tertiary alicyclic amines) is 1. The van der Waals surface area contributed by atoms with E-state index in [9.17, 15) is 4.79 Å². The van der Waals surface area contributed by atoms with Crippen LogP contribution in [-0.4, -0.2) is 52.1 Å². The van der Waals surface area contributed by atoms with Crippen LogP contribution in [0, 0.1) is 6.92 Å². The Hall–Kier alpha value is -2.86. The first kappa shape index (κ1) is 18.5. The fourth-order valence-corrected chi connectivity index (χ4v) is 3.90. The summed E-state index contributed by atoms with van der Waals surface area (Å²) in [6.07, 6.45) is 5.19. The highest BCUT2D eigenvalue weighted by Gasteiger charge is 2.27. The molecule has 0 saturated carbocycles. The van der Waals surface area contributed by atoms with E-state index in [0.29, 0.717) is 11.7 Å². The smallest absolute Gasteiger partial charge is 0.271 e. The third-order valence-electron chi connectivity index (χ3n) is 5.51. The van der Waals surface area contributed by atoms with E-state index in [4.69, 9.17) is 4.42 Å². The van der Waals surface area contributed by atoms with Crippen molar-refractivity contribution in [1.29, 1.82) is 0 Å². The number of nitrogens with one attached hydrogen (secondary N) is 1. The van der Waals surface area contributed by atoms with Crippen molar-refractivity contribution in [2.24, 2.45) is 0 Å².